The molecule has 0 saturated heterocycles. The molecular formula is C21H30O2. The van der Waals surface area contributed by atoms with Gasteiger partial charge in [-0.3, -0.25) is 4.79 Å². The second-order valence-corrected chi connectivity index (χ2v) is 8.65. The number of rotatable bonds is 3. The molecule has 4 aliphatic rings. The van der Waals surface area contributed by atoms with Gasteiger partial charge in [0.1, 0.15) is 0 Å². The van der Waals surface area contributed by atoms with Gasteiger partial charge in [-0.1, -0.05) is 18.9 Å². The van der Waals surface area contributed by atoms with Crippen LogP contribution in [0.3, 0.4) is 0 Å². The lowest BCUT2D eigenvalue weighted by molar-refractivity contribution is -0.114. The molecule has 2 saturated carbocycles. The summed E-state index contributed by atoms with van der Waals surface area (Å²) in [7, 11) is 0. The molecule has 0 heterocycles. The molecule has 4 atom stereocenters. The van der Waals surface area contributed by atoms with E-state index in [9.17, 15) is 9.90 Å². The minimum atomic E-state index is 0.301. The van der Waals surface area contributed by atoms with Crippen molar-refractivity contribution in [1.82, 2.24) is 0 Å². The van der Waals surface area contributed by atoms with Gasteiger partial charge in [-0.25, -0.2) is 0 Å². The lowest BCUT2D eigenvalue weighted by Gasteiger charge is -2.50. The number of hydrogen-bond acceptors (Lipinski definition) is 2. The van der Waals surface area contributed by atoms with E-state index in [0.717, 1.165) is 43.9 Å². The molecule has 0 aromatic carbocycles. The lowest BCUT2D eigenvalue weighted by atomic mass is 9.54. The molecule has 23 heavy (non-hydrogen) atoms. The van der Waals surface area contributed by atoms with E-state index < -0.39 is 0 Å². The number of fused-ring (bicyclic) bond motifs is 4. The molecule has 0 spiro atoms. The minimum Gasteiger partial charge on any atom is -0.396 e. The zero-order chi connectivity index (χ0) is 16.0. The summed E-state index contributed by atoms with van der Waals surface area (Å²) in [5.41, 5.74) is 5.21. The fraction of sp³-hybridized carbons (Fsp3) is 0.762. The predicted octanol–water partition coefficient (Wildman–Crippen LogP) is 4.58. The van der Waals surface area contributed by atoms with Crippen LogP contribution in [0.4, 0.5) is 0 Å². The summed E-state index contributed by atoms with van der Waals surface area (Å²) in [6.45, 7) is 2.83. The van der Waals surface area contributed by atoms with Gasteiger partial charge >= 0.3 is 0 Å². The van der Waals surface area contributed by atoms with Crippen molar-refractivity contribution in [3.05, 3.63) is 22.8 Å². The number of carbonyl (C=O) groups excluding carboxylic acids is 1. The smallest absolute Gasteiger partial charge is 0.156 e. The van der Waals surface area contributed by atoms with Crippen LogP contribution in [-0.4, -0.2) is 17.5 Å². The number of allylic oxidation sites excluding steroid dienone is 4. The molecule has 4 rings (SSSR count). The monoisotopic (exact) mass is 314 g/mol. The maximum atomic E-state index is 11.9. The van der Waals surface area contributed by atoms with Crippen LogP contribution in [0, 0.1) is 23.2 Å². The van der Waals surface area contributed by atoms with Crippen molar-refractivity contribution >= 4 is 5.78 Å². The average Bonchev–Trinajstić information content (AvgIpc) is 2.93. The van der Waals surface area contributed by atoms with Crippen LogP contribution >= 0.6 is 0 Å². The Kier molecular flexibility index (Phi) is 3.99. The van der Waals surface area contributed by atoms with Crippen molar-refractivity contribution in [2.45, 2.75) is 71.1 Å². The SMILES string of the molecule is C[C@@]12CCC[C@H]1[C@H]1C(=C3CCC(=O)C=C3C[C@@H]1CCCO)CC2. The Morgan fingerprint density at radius 1 is 1.26 bits per heavy atom. The Morgan fingerprint density at radius 2 is 2.13 bits per heavy atom. The highest BCUT2D eigenvalue weighted by atomic mass is 16.2. The largest absolute Gasteiger partial charge is 0.396 e. The van der Waals surface area contributed by atoms with Crippen LogP contribution in [0.25, 0.3) is 0 Å². The van der Waals surface area contributed by atoms with Crippen molar-refractivity contribution in [2.24, 2.45) is 23.2 Å². The number of aliphatic hydroxyl groups excluding tert-OH is 1. The summed E-state index contributed by atoms with van der Waals surface area (Å²) in [5, 5.41) is 9.32. The highest BCUT2D eigenvalue weighted by Gasteiger charge is 2.51. The van der Waals surface area contributed by atoms with E-state index in [-0.39, 0.29) is 0 Å². The first-order valence-corrected chi connectivity index (χ1v) is 9.69. The average molecular weight is 314 g/mol. The molecule has 0 aromatic heterocycles. The van der Waals surface area contributed by atoms with E-state index in [4.69, 9.17) is 0 Å². The highest BCUT2D eigenvalue weighted by molar-refractivity contribution is 5.93. The molecular weight excluding hydrogens is 284 g/mol. The molecule has 0 amide bonds. The van der Waals surface area contributed by atoms with Gasteiger partial charge in [-0.05, 0) is 91.8 Å². The van der Waals surface area contributed by atoms with Crippen molar-refractivity contribution < 1.29 is 9.90 Å². The highest BCUT2D eigenvalue weighted by Crippen LogP contribution is 2.61. The number of carbonyl (C=O) groups is 1. The zero-order valence-electron chi connectivity index (χ0n) is 14.4. The van der Waals surface area contributed by atoms with Crippen molar-refractivity contribution in [1.29, 1.82) is 0 Å². The third-order valence-electron chi connectivity index (χ3n) is 7.41. The predicted molar refractivity (Wildman–Crippen MR) is 91.9 cm³/mol. The van der Waals surface area contributed by atoms with Gasteiger partial charge in [0.2, 0.25) is 0 Å². The number of aliphatic hydroxyl groups is 1. The van der Waals surface area contributed by atoms with Gasteiger partial charge in [0.15, 0.2) is 5.78 Å². The Morgan fingerprint density at radius 3 is 2.96 bits per heavy atom. The van der Waals surface area contributed by atoms with Gasteiger partial charge < -0.3 is 5.11 Å². The van der Waals surface area contributed by atoms with Crippen LogP contribution in [0.1, 0.15) is 71.1 Å². The molecule has 0 aromatic rings. The Labute approximate surface area is 140 Å². The Bertz CT molecular complexity index is 570. The van der Waals surface area contributed by atoms with Gasteiger partial charge in [0, 0.05) is 13.0 Å². The van der Waals surface area contributed by atoms with E-state index >= 15 is 0 Å². The van der Waals surface area contributed by atoms with Crippen LogP contribution in [0.15, 0.2) is 22.8 Å². The van der Waals surface area contributed by atoms with E-state index in [2.05, 4.69) is 6.92 Å². The molecule has 0 radical (unpaired) electrons. The van der Waals surface area contributed by atoms with Gasteiger partial charge in [0.25, 0.3) is 0 Å². The first-order valence-electron chi connectivity index (χ1n) is 9.69. The summed E-state index contributed by atoms with van der Waals surface area (Å²) < 4.78 is 0. The van der Waals surface area contributed by atoms with Crippen molar-refractivity contribution in [2.75, 3.05) is 6.61 Å². The van der Waals surface area contributed by atoms with Crippen LogP contribution in [-0.2, 0) is 4.79 Å². The lowest BCUT2D eigenvalue weighted by Crippen LogP contribution is -2.41. The molecule has 0 unspecified atom stereocenters. The Hall–Kier alpha value is -0.890. The quantitative estimate of drug-likeness (QED) is 0.828. The van der Waals surface area contributed by atoms with Crippen molar-refractivity contribution in [3.63, 3.8) is 0 Å². The molecule has 4 aliphatic carbocycles. The molecule has 2 fully saturated rings. The standard InChI is InChI=1S/C21H30O2/c1-21-9-2-5-19(21)20-14(4-3-11-22)12-15-13-16(23)6-7-17(15)18(20)8-10-21/h13-14,19-20,22H,2-12H2,1H3/t14-,19-,20+,21-/m0/s1. The first-order chi connectivity index (χ1) is 11.1. The summed E-state index contributed by atoms with van der Waals surface area (Å²) >= 11 is 0. The summed E-state index contributed by atoms with van der Waals surface area (Å²) in [4.78, 5) is 11.9. The first kappa shape index (κ1) is 15.6. The van der Waals surface area contributed by atoms with Gasteiger partial charge in [-0.15, -0.1) is 0 Å². The third kappa shape index (κ3) is 2.54. The van der Waals surface area contributed by atoms with E-state index in [1.165, 1.54) is 37.7 Å². The molecule has 126 valence electrons. The topological polar surface area (TPSA) is 37.3 Å². The molecule has 1 N–H and O–H groups in total. The zero-order valence-corrected chi connectivity index (χ0v) is 14.4. The second kappa shape index (κ2) is 5.88. The van der Waals surface area contributed by atoms with Gasteiger partial charge in [-0.2, -0.15) is 0 Å². The fourth-order valence-electron chi connectivity index (χ4n) is 6.33. The van der Waals surface area contributed by atoms with E-state index in [0.29, 0.717) is 23.7 Å². The third-order valence-corrected chi connectivity index (χ3v) is 7.41. The second-order valence-electron chi connectivity index (χ2n) is 8.65. The molecule has 0 aliphatic heterocycles. The Balaban J connectivity index is 1.74. The summed E-state index contributed by atoms with van der Waals surface area (Å²) in [6.07, 6.45) is 13.6. The molecule has 0 bridgehead atoms. The van der Waals surface area contributed by atoms with Crippen molar-refractivity contribution in [3.8, 4) is 0 Å². The number of ketones is 1. The van der Waals surface area contributed by atoms with E-state index in [1.54, 1.807) is 11.1 Å². The van der Waals surface area contributed by atoms with Crippen LogP contribution in [0.2, 0.25) is 0 Å². The molecule has 2 nitrogen and oxygen atoms in total. The maximum absolute atomic E-state index is 11.9. The van der Waals surface area contributed by atoms with Gasteiger partial charge in [0.05, 0.1) is 0 Å². The fourth-order valence-corrected chi connectivity index (χ4v) is 6.33. The minimum absolute atomic E-state index is 0.301. The van der Waals surface area contributed by atoms with E-state index in [1.807, 2.05) is 6.08 Å². The summed E-state index contributed by atoms with van der Waals surface area (Å²) in [6, 6.07) is 0. The normalized spacial score (nSPS) is 39.7. The molecule has 2 heteroatoms. The summed E-state index contributed by atoms with van der Waals surface area (Å²) in [5.74, 6) is 2.57. The maximum Gasteiger partial charge on any atom is 0.156 e. The van der Waals surface area contributed by atoms with Crippen LogP contribution in [0.5, 0.6) is 0 Å². The number of hydrogen-bond donors (Lipinski definition) is 1. The van der Waals surface area contributed by atoms with Crippen LogP contribution < -0.4 is 0 Å².